The molecule has 1 N–H and O–H groups in total. The van der Waals surface area contributed by atoms with Gasteiger partial charge in [-0.05, 0) is 42.5 Å². The zero-order valence-corrected chi connectivity index (χ0v) is 16.3. The molecule has 1 aliphatic heterocycles. The summed E-state index contributed by atoms with van der Waals surface area (Å²) in [6, 6.07) is 9.19. The summed E-state index contributed by atoms with van der Waals surface area (Å²) in [5.74, 6) is 0.511. The monoisotopic (exact) mass is 398 g/mol. The molecule has 2 amide bonds. The van der Waals surface area contributed by atoms with Crippen molar-refractivity contribution in [3.63, 3.8) is 0 Å². The van der Waals surface area contributed by atoms with Gasteiger partial charge in [0.1, 0.15) is 5.82 Å². The Morgan fingerprint density at radius 2 is 2.07 bits per heavy atom. The van der Waals surface area contributed by atoms with Gasteiger partial charge in [0.2, 0.25) is 5.82 Å². The number of aromatic nitrogens is 2. The summed E-state index contributed by atoms with van der Waals surface area (Å²) in [5.41, 5.74) is 2.22. The molecule has 0 saturated carbocycles. The normalized spacial score (nSPS) is 17.2. The second-order valence-corrected chi connectivity index (χ2v) is 7.43. The van der Waals surface area contributed by atoms with E-state index < -0.39 is 6.04 Å². The predicted molar refractivity (Wildman–Crippen MR) is 105 cm³/mol. The molecule has 0 aliphatic carbocycles. The van der Waals surface area contributed by atoms with Crippen LogP contribution in [0.3, 0.4) is 0 Å². The van der Waals surface area contributed by atoms with E-state index in [1.54, 1.807) is 17.0 Å². The van der Waals surface area contributed by atoms with Crippen LogP contribution in [0.15, 0.2) is 52.0 Å². The van der Waals surface area contributed by atoms with Crippen LogP contribution in [0.1, 0.15) is 37.8 Å². The fourth-order valence-electron chi connectivity index (χ4n) is 3.30. The molecule has 0 saturated heterocycles. The molecule has 144 valence electrons. The summed E-state index contributed by atoms with van der Waals surface area (Å²) in [4.78, 5) is 19.8. The minimum Gasteiger partial charge on any atom is -0.334 e. The summed E-state index contributed by atoms with van der Waals surface area (Å²) in [7, 11) is 0. The lowest BCUT2D eigenvalue weighted by molar-refractivity contribution is 0.205. The number of allylic oxidation sites excluding steroid dienone is 1. The summed E-state index contributed by atoms with van der Waals surface area (Å²) in [6.07, 6.45) is 0.809. The fourth-order valence-corrected chi connectivity index (χ4v) is 3.94. The highest BCUT2D eigenvalue weighted by Gasteiger charge is 2.35. The molecule has 1 atom stereocenters. The SMILES string of the molecule is CCCN1C(=O)NC(c2ccc(F)cc2)C(c2nc(-c3cccs3)no2)=C1C. The van der Waals surface area contributed by atoms with Crippen molar-refractivity contribution < 1.29 is 13.7 Å². The van der Waals surface area contributed by atoms with Crippen LogP contribution in [-0.4, -0.2) is 27.6 Å². The second kappa shape index (κ2) is 7.55. The van der Waals surface area contributed by atoms with E-state index in [2.05, 4.69) is 15.5 Å². The number of thiophene rings is 1. The molecule has 3 heterocycles. The van der Waals surface area contributed by atoms with Crippen molar-refractivity contribution in [3.05, 3.63) is 64.7 Å². The van der Waals surface area contributed by atoms with Gasteiger partial charge in [-0.25, -0.2) is 9.18 Å². The first-order valence-electron chi connectivity index (χ1n) is 9.00. The molecular formula is C20H19FN4O2S. The molecule has 0 fully saturated rings. The fraction of sp³-hybridized carbons (Fsp3) is 0.250. The summed E-state index contributed by atoms with van der Waals surface area (Å²) in [6.45, 7) is 4.45. The molecule has 0 bridgehead atoms. The molecule has 1 aliphatic rings. The molecule has 1 unspecified atom stereocenters. The average Bonchev–Trinajstić information content (AvgIpc) is 3.37. The highest BCUT2D eigenvalue weighted by Crippen LogP contribution is 2.37. The minimum absolute atomic E-state index is 0.199. The largest absolute Gasteiger partial charge is 0.334 e. The summed E-state index contributed by atoms with van der Waals surface area (Å²) < 4.78 is 19.0. The molecule has 3 aromatic rings. The van der Waals surface area contributed by atoms with E-state index in [-0.39, 0.29) is 11.8 Å². The van der Waals surface area contributed by atoms with Gasteiger partial charge in [0.15, 0.2) is 0 Å². The number of carbonyl (C=O) groups is 1. The van der Waals surface area contributed by atoms with Crippen LogP contribution in [0.5, 0.6) is 0 Å². The number of halogens is 1. The molecule has 0 spiro atoms. The van der Waals surface area contributed by atoms with Gasteiger partial charge < -0.3 is 9.84 Å². The van der Waals surface area contributed by atoms with Crippen LogP contribution >= 0.6 is 11.3 Å². The van der Waals surface area contributed by atoms with Gasteiger partial charge in [0, 0.05) is 12.2 Å². The maximum Gasteiger partial charge on any atom is 0.322 e. The van der Waals surface area contributed by atoms with Crippen molar-refractivity contribution in [1.82, 2.24) is 20.4 Å². The van der Waals surface area contributed by atoms with E-state index in [9.17, 15) is 9.18 Å². The molecule has 0 radical (unpaired) electrons. The Morgan fingerprint density at radius 3 is 2.75 bits per heavy atom. The van der Waals surface area contributed by atoms with E-state index in [0.717, 1.165) is 28.1 Å². The minimum atomic E-state index is -0.502. The molecule has 28 heavy (non-hydrogen) atoms. The lowest BCUT2D eigenvalue weighted by atomic mass is 9.94. The summed E-state index contributed by atoms with van der Waals surface area (Å²) in [5, 5.41) is 9.04. The smallest absolute Gasteiger partial charge is 0.322 e. The number of urea groups is 1. The first-order chi connectivity index (χ1) is 13.6. The lowest BCUT2D eigenvalue weighted by Gasteiger charge is -2.35. The standard InChI is InChI=1S/C20H19FN4O2S/c1-3-10-25-12(2)16(19-23-18(24-27-19)15-5-4-11-28-15)17(22-20(25)26)13-6-8-14(21)9-7-13/h4-9,11,17H,3,10H2,1-2H3,(H,22,26). The Labute approximate surface area is 165 Å². The van der Waals surface area contributed by atoms with Gasteiger partial charge in [-0.15, -0.1) is 11.3 Å². The number of hydrogen-bond donors (Lipinski definition) is 1. The van der Waals surface area contributed by atoms with E-state index >= 15 is 0 Å². The molecule has 6 nitrogen and oxygen atoms in total. The highest BCUT2D eigenvalue weighted by molar-refractivity contribution is 7.13. The first-order valence-corrected chi connectivity index (χ1v) is 9.88. The molecule has 8 heteroatoms. The van der Waals surface area contributed by atoms with Crippen molar-refractivity contribution >= 4 is 22.9 Å². The van der Waals surface area contributed by atoms with Gasteiger partial charge in [0.25, 0.3) is 5.89 Å². The zero-order valence-electron chi connectivity index (χ0n) is 15.5. The van der Waals surface area contributed by atoms with Crippen LogP contribution < -0.4 is 5.32 Å². The Balaban J connectivity index is 1.82. The third kappa shape index (κ3) is 3.31. The predicted octanol–water partition coefficient (Wildman–Crippen LogP) is 4.84. The Bertz CT molecular complexity index is 1010. The average molecular weight is 398 g/mol. The molecule has 4 rings (SSSR count). The number of rotatable bonds is 5. The van der Waals surface area contributed by atoms with Crippen molar-refractivity contribution in [2.24, 2.45) is 0 Å². The number of hydrogen-bond acceptors (Lipinski definition) is 5. The van der Waals surface area contributed by atoms with Crippen LogP contribution in [0, 0.1) is 5.82 Å². The number of carbonyl (C=O) groups excluding carboxylic acids is 1. The van der Waals surface area contributed by atoms with E-state index in [1.807, 2.05) is 31.4 Å². The Hall–Kier alpha value is -3.00. The molecule has 1 aromatic carbocycles. The van der Waals surface area contributed by atoms with Crippen molar-refractivity contribution in [1.29, 1.82) is 0 Å². The third-order valence-corrected chi connectivity index (χ3v) is 5.51. The first kappa shape index (κ1) is 18.4. The van der Waals surface area contributed by atoms with Crippen LogP contribution in [0.25, 0.3) is 16.3 Å². The summed E-state index contributed by atoms with van der Waals surface area (Å²) >= 11 is 1.52. The van der Waals surface area contributed by atoms with Gasteiger partial charge >= 0.3 is 6.03 Å². The second-order valence-electron chi connectivity index (χ2n) is 6.49. The van der Waals surface area contributed by atoms with Crippen molar-refractivity contribution in [2.45, 2.75) is 26.3 Å². The molecular weight excluding hydrogens is 379 g/mol. The number of benzene rings is 1. The van der Waals surface area contributed by atoms with Crippen molar-refractivity contribution in [2.75, 3.05) is 6.54 Å². The maximum absolute atomic E-state index is 13.4. The van der Waals surface area contributed by atoms with E-state index in [0.29, 0.717) is 18.3 Å². The van der Waals surface area contributed by atoms with Crippen LogP contribution in [0.2, 0.25) is 0 Å². The van der Waals surface area contributed by atoms with E-state index in [4.69, 9.17) is 4.52 Å². The van der Waals surface area contributed by atoms with Crippen LogP contribution in [0.4, 0.5) is 9.18 Å². The number of nitrogens with one attached hydrogen (secondary N) is 1. The van der Waals surface area contributed by atoms with Gasteiger partial charge in [-0.3, -0.25) is 4.90 Å². The number of amides is 2. The molecule has 2 aromatic heterocycles. The quantitative estimate of drug-likeness (QED) is 0.667. The van der Waals surface area contributed by atoms with Crippen molar-refractivity contribution in [3.8, 4) is 10.7 Å². The van der Waals surface area contributed by atoms with E-state index in [1.165, 1.54) is 23.5 Å². The topological polar surface area (TPSA) is 71.3 Å². The zero-order chi connectivity index (χ0) is 19.7. The highest BCUT2D eigenvalue weighted by atomic mass is 32.1. The Kier molecular flexibility index (Phi) is 4.95. The van der Waals surface area contributed by atoms with Gasteiger partial charge in [0.05, 0.1) is 16.5 Å². The number of nitrogens with zero attached hydrogens (tertiary/aromatic N) is 3. The van der Waals surface area contributed by atoms with Gasteiger partial charge in [-0.2, -0.15) is 4.98 Å². The third-order valence-electron chi connectivity index (χ3n) is 4.64. The Morgan fingerprint density at radius 1 is 1.29 bits per heavy atom. The van der Waals surface area contributed by atoms with Gasteiger partial charge in [-0.1, -0.05) is 30.3 Å². The van der Waals surface area contributed by atoms with Crippen LogP contribution in [-0.2, 0) is 0 Å². The maximum atomic E-state index is 13.4. The lowest BCUT2D eigenvalue weighted by Crippen LogP contribution is -2.46.